The van der Waals surface area contributed by atoms with Crippen LogP contribution in [-0.2, 0) is 0 Å². The van der Waals surface area contributed by atoms with E-state index in [1.807, 2.05) is 0 Å². The van der Waals surface area contributed by atoms with Gasteiger partial charge >= 0.3 is 0 Å². The highest BCUT2D eigenvalue weighted by atomic mass is 14.7. The molecule has 0 aliphatic carbocycles. The lowest BCUT2D eigenvalue weighted by Gasteiger charge is -2.03. The molecule has 2 rings (SSSR count). The summed E-state index contributed by atoms with van der Waals surface area (Å²) in [5.41, 5.74) is 2.05. The van der Waals surface area contributed by atoms with Crippen molar-refractivity contribution in [2.75, 3.05) is 0 Å². The fraction of sp³-hybridized carbons (Fsp3) is 0. The number of pyridine rings is 2. The van der Waals surface area contributed by atoms with Crippen LogP contribution in [0.1, 0.15) is 11.1 Å². The van der Waals surface area contributed by atoms with Crippen LogP contribution in [0, 0.1) is 17.9 Å². The molecule has 0 aromatic carbocycles. The van der Waals surface area contributed by atoms with Crippen molar-refractivity contribution >= 4 is 11.3 Å². The van der Waals surface area contributed by atoms with Crippen molar-refractivity contribution in [1.82, 2.24) is 9.97 Å². The Hall–Kier alpha value is -2.98. The standard InChI is InChI=1S/C14H8N4/c1-16-14(12-4-8-18-9-5-12)13(10-15)11-2-6-17-7-3-11/h2-9H/b14-13+. The number of nitriles is 1. The third kappa shape index (κ3) is 2.23. The van der Waals surface area contributed by atoms with Gasteiger partial charge in [-0.1, -0.05) is 0 Å². The minimum Gasteiger partial charge on any atom is -0.265 e. The van der Waals surface area contributed by atoms with Crippen LogP contribution >= 0.6 is 0 Å². The number of hydrogen-bond acceptors (Lipinski definition) is 3. The molecule has 0 spiro atoms. The third-order valence-electron chi connectivity index (χ3n) is 2.38. The minimum absolute atomic E-state index is 0.325. The molecule has 0 aliphatic heterocycles. The number of rotatable bonds is 2. The Morgan fingerprint density at radius 1 is 1.00 bits per heavy atom. The lowest BCUT2D eigenvalue weighted by molar-refractivity contribution is 1.31. The highest BCUT2D eigenvalue weighted by Crippen LogP contribution is 2.26. The summed E-state index contributed by atoms with van der Waals surface area (Å²) < 4.78 is 0. The van der Waals surface area contributed by atoms with E-state index in [0.717, 1.165) is 0 Å². The van der Waals surface area contributed by atoms with Crippen LogP contribution < -0.4 is 0 Å². The van der Waals surface area contributed by atoms with Crippen LogP contribution in [0.3, 0.4) is 0 Å². The summed E-state index contributed by atoms with van der Waals surface area (Å²) in [5.74, 6) is 0. The summed E-state index contributed by atoms with van der Waals surface area (Å²) in [6.45, 7) is 7.26. The Kier molecular flexibility index (Phi) is 3.44. The van der Waals surface area contributed by atoms with E-state index in [1.54, 1.807) is 49.1 Å². The maximum Gasteiger partial charge on any atom is 0.212 e. The SMILES string of the molecule is [C-]#[N+]/C(=C(\C#N)c1ccncc1)c1ccncc1. The van der Waals surface area contributed by atoms with Crippen LogP contribution in [0.4, 0.5) is 0 Å². The van der Waals surface area contributed by atoms with Gasteiger partial charge < -0.3 is 0 Å². The molecular weight excluding hydrogens is 224 g/mol. The molecule has 4 nitrogen and oxygen atoms in total. The molecular formula is C14H8N4. The molecule has 4 heteroatoms. The maximum atomic E-state index is 9.26. The summed E-state index contributed by atoms with van der Waals surface area (Å²) in [6, 6.07) is 8.94. The molecule has 18 heavy (non-hydrogen) atoms. The van der Waals surface area contributed by atoms with Gasteiger partial charge in [-0.15, -0.1) is 0 Å². The van der Waals surface area contributed by atoms with E-state index < -0.39 is 0 Å². The van der Waals surface area contributed by atoms with Gasteiger partial charge in [-0.2, -0.15) is 5.26 Å². The van der Waals surface area contributed by atoms with E-state index in [1.165, 1.54) is 0 Å². The highest BCUT2D eigenvalue weighted by molar-refractivity contribution is 5.99. The second-order valence-electron chi connectivity index (χ2n) is 3.42. The first kappa shape index (κ1) is 11.5. The molecule has 0 amide bonds. The van der Waals surface area contributed by atoms with Gasteiger partial charge in [-0.25, -0.2) is 4.85 Å². The van der Waals surface area contributed by atoms with E-state index >= 15 is 0 Å². The normalized spacial score (nSPS) is 11.0. The molecule has 0 saturated heterocycles. The third-order valence-corrected chi connectivity index (χ3v) is 2.38. The summed E-state index contributed by atoms with van der Waals surface area (Å²) in [5, 5.41) is 9.26. The molecule has 0 aliphatic rings. The Balaban J connectivity index is 2.63. The van der Waals surface area contributed by atoms with Crippen LogP contribution in [0.2, 0.25) is 0 Å². The quantitative estimate of drug-likeness (QED) is 0.591. The van der Waals surface area contributed by atoms with E-state index in [0.29, 0.717) is 22.4 Å². The Labute approximate surface area is 105 Å². The van der Waals surface area contributed by atoms with Crippen molar-refractivity contribution in [1.29, 1.82) is 5.26 Å². The molecule has 0 saturated carbocycles. The second-order valence-corrected chi connectivity index (χ2v) is 3.42. The van der Waals surface area contributed by atoms with E-state index in [4.69, 9.17) is 6.57 Å². The molecule has 84 valence electrons. The van der Waals surface area contributed by atoms with Gasteiger partial charge in [0.15, 0.2) is 0 Å². The smallest absolute Gasteiger partial charge is 0.212 e. The van der Waals surface area contributed by atoms with Gasteiger partial charge in [-0.05, 0) is 35.4 Å². The van der Waals surface area contributed by atoms with E-state index in [-0.39, 0.29) is 0 Å². The predicted octanol–water partition coefficient (Wildman–Crippen LogP) is 2.79. The maximum absolute atomic E-state index is 9.26. The molecule has 0 N–H and O–H groups in total. The zero-order valence-corrected chi connectivity index (χ0v) is 9.41. The van der Waals surface area contributed by atoms with Crippen molar-refractivity contribution < 1.29 is 0 Å². The molecule has 2 aromatic heterocycles. The van der Waals surface area contributed by atoms with Gasteiger partial charge in [0.25, 0.3) is 0 Å². The molecule has 0 radical (unpaired) electrons. The van der Waals surface area contributed by atoms with Gasteiger partial charge in [0.1, 0.15) is 0 Å². The van der Waals surface area contributed by atoms with Crippen molar-refractivity contribution in [2.24, 2.45) is 0 Å². The fourth-order valence-electron chi connectivity index (χ4n) is 1.55. The molecule has 2 heterocycles. The molecule has 0 unspecified atom stereocenters. The minimum atomic E-state index is 0.325. The molecule has 0 bridgehead atoms. The zero-order valence-electron chi connectivity index (χ0n) is 9.41. The Morgan fingerprint density at radius 2 is 1.50 bits per heavy atom. The first-order valence-electron chi connectivity index (χ1n) is 5.19. The van der Waals surface area contributed by atoms with Crippen molar-refractivity contribution in [2.45, 2.75) is 0 Å². The van der Waals surface area contributed by atoms with Gasteiger partial charge in [0.05, 0.1) is 18.2 Å². The summed E-state index contributed by atoms with van der Waals surface area (Å²) in [6.07, 6.45) is 6.39. The average Bonchev–Trinajstić information content (AvgIpc) is 2.46. The van der Waals surface area contributed by atoms with Crippen LogP contribution in [0.5, 0.6) is 0 Å². The number of nitrogens with zero attached hydrogens (tertiary/aromatic N) is 4. The number of hydrogen-bond donors (Lipinski definition) is 0. The van der Waals surface area contributed by atoms with Crippen LogP contribution in [0.15, 0.2) is 49.1 Å². The topological polar surface area (TPSA) is 53.9 Å². The van der Waals surface area contributed by atoms with E-state index in [2.05, 4.69) is 20.9 Å². The van der Waals surface area contributed by atoms with Gasteiger partial charge in [0.2, 0.25) is 5.70 Å². The van der Waals surface area contributed by atoms with Crippen LogP contribution in [-0.4, -0.2) is 9.97 Å². The predicted molar refractivity (Wildman–Crippen MR) is 67.5 cm³/mol. The second kappa shape index (κ2) is 5.38. The average molecular weight is 232 g/mol. The highest BCUT2D eigenvalue weighted by Gasteiger charge is 2.11. The van der Waals surface area contributed by atoms with Crippen molar-refractivity contribution in [3.63, 3.8) is 0 Å². The largest absolute Gasteiger partial charge is 0.265 e. The van der Waals surface area contributed by atoms with E-state index in [9.17, 15) is 5.26 Å². The van der Waals surface area contributed by atoms with Crippen molar-refractivity contribution in [3.8, 4) is 6.07 Å². The molecule has 0 fully saturated rings. The zero-order chi connectivity index (χ0) is 12.8. The Morgan fingerprint density at radius 3 is 1.94 bits per heavy atom. The summed E-state index contributed by atoms with van der Waals surface area (Å²) >= 11 is 0. The lowest BCUT2D eigenvalue weighted by Crippen LogP contribution is -1.88. The fourth-order valence-corrected chi connectivity index (χ4v) is 1.55. The van der Waals surface area contributed by atoms with Crippen LogP contribution in [0.25, 0.3) is 16.1 Å². The monoisotopic (exact) mass is 232 g/mol. The van der Waals surface area contributed by atoms with Gasteiger partial charge in [0, 0.05) is 24.8 Å². The first-order chi connectivity index (χ1) is 8.86. The summed E-state index contributed by atoms with van der Waals surface area (Å²) in [4.78, 5) is 11.3. The van der Waals surface area contributed by atoms with Gasteiger partial charge in [-0.3, -0.25) is 9.97 Å². The Bertz CT molecular complexity index is 586. The number of allylic oxidation sites excluding steroid dienone is 1. The molecule has 2 aromatic rings. The first-order valence-corrected chi connectivity index (χ1v) is 5.19. The number of aromatic nitrogens is 2. The summed E-state index contributed by atoms with van der Waals surface area (Å²) in [7, 11) is 0. The van der Waals surface area contributed by atoms with Crippen molar-refractivity contribution in [3.05, 3.63) is 71.6 Å². The lowest BCUT2D eigenvalue weighted by atomic mass is 10.0. The molecule has 0 atom stereocenters.